The molecule has 0 rings (SSSR count). The van der Waals surface area contributed by atoms with Crippen LogP contribution in [0.25, 0.3) is 0 Å². The molecule has 8 heteroatoms. The first-order valence-electron chi connectivity index (χ1n) is 12.8. The summed E-state index contributed by atoms with van der Waals surface area (Å²) in [6, 6.07) is 2.49. The molecule has 0 aliphatic heterocycles. The Bertz CT molecular complexity index is 475. The molecule has 0 amide bonds. The SMILES string of the molecule is CC(C)N(CCC(=O)SCCCOCOP(N(C(C)C)C(C)C)N(C(C)C)C(C)C)C(C)C. The van der Waals surface area contributed by atoms with E-state index in [0.717, 1.165) is 18.7 Å². The second kappa shape index (κ2) is 17.6. The van der Waals surface area contributed by atoms with Crippen LogP contribution in [0.2, 0.25) is 0 Å². The van der Waals surface area contributed by atoms with Crippen molar-refractivity contribution in [1.82, 2.24) is 14.2 Å². The molecule has 0 spiro atoms. The fourth-order valence-corrected chi connectivity index (χ4v) is 7.11. The van der Waals surface area contributed by atoms with E-state index in [1.54, 1.807) is 0 Å². The number of nitrogens with zero attached hydrogens (tertiary/aromatic N) is 3. The maximum absolute atomic E-state index is 12.2. The van der Waals surface area contributed by atoms with Crippen molar-refractivity contribution in [3.63, 3.8) is 0 Å². The van der Waals surface area contributed by atoms with Gasteiger partial charge in [-0.1, -0.05) is 11.8 Å². The fourth-order valence-electron chi connectivity index (χ4n) is 4.13. The molecule has 0 aromatic heterocycles. The molecule has 0 unspecified atom stereocenters. The molecule has 0 saturated carbocycles. The Balaban J connectivity index is 4.50. The van der Waals surface area contributed by atoms with Crippen LogP contribution in [0.3, 0.4) is 0 Å². The van der Waals surface area contributed by atoms with E-state index in [9.17, 15) is 4.79 Å². The van der Waals surface area contributed by atoms with Crippen LogP contribution in [0.4, 0.5) is 0 Å². The summed E-state index contributed by atoms with van der Waals surface area (Å²) in [5, 5.41) is 0.273. The van der Waals surface area contributed by atoms with Crippen molar-refractivity contribution in [3.05, 3.63) is 0 Å². The second-order valence-corrected chi connectivity index (χ2v) is 13.1. The molecule has 6 nitrogen and oxygen atoms in total. The molecular formula is C25H54N3O3PS. The summed E-state index contributed by atoms with van der Waals surface area (Å²) in [5.74, 6) is 0.797. The molecule has 0 aliphatic rings. The third-order valence-electron chi connectivity index (χ3n) is 5.36. The minimum atomic E-state index is -0.925. The minimum absolute atomic E-state index is 0.273. The molecule has 0 atom stereocenters. The predicted octanol–water partition coefficient (Wildman–Crippen LogP) is 6.60. The van der Waals surface area contributed by atoms with Crippen molar-refractivity contribution in [1.29, 1.82) is 0 Å². The van der Waals surface area contributed by atoms with Gasteiger partial charge in [0.25, 0.3) is 0 Å². The molecule has 0 bridgehead atoms. The van der Waals surface area contributed by atoms with Crippen LogP contribution in [0.1, 0.15) is 95.9 Å². The van der Waals surface area contributed by atoms with Gasteiger partial charge in [-0.25, -0.2) is 9.34 Å². The molecule has 0 aromatic rings. The molecule has 33 heavy (non-hydrogen) atoms. The lowest BCUT2D eigenvalue weighted by molar-refractivity contribution is -0.111. The molecule has 0 N–H and O–H groups in total. The van der Waals surface area contributed by atoms with E-state index < -0.39 is 8.45 Å². The Labute approximate surface area is 211 Å². The largest absolute Gasteiger partial charge is 0.355 e. The summed E-state index contributed by atoms with van der Waals surface area (Å²) in [6.07, 6.45) is 1.46. The zero-order chi connectivity index (χ0) is 25.7. The van der Waals surface area contributed by atoms with Crippen LogP contribution in [-0.2, 0) is 14.1 Å². The molecule has 198 valence electrons. The quantitative estimate of drug-likeness (QED) is 0.118. The van der Waals surface area contributed by atoms with Crippen molar-refractivity contribution in [2.24, 2.45) is 0 Å². The van der Waals surface area contributed by atoms with Gasteiger partial charge in [-0.3, -0.25) is 9.69 Å². The van der Waals surface area contributed by atoms with Gasteiger partial charge in [-0.05, 0) is 89.5 Å². The predicted molar refractivity (Wildman–Crippen MR) is 147 cm³/mol. The average Bonchev–Trinajstić information content (AvgIpc) is 2.65. The number of carbonyl (C=O) groups is 1. The van der Waals surface area contributed by atoms with Crippen molar-refractivity contribution in [2.75, 3.05) is 25.7 Å². The first-order chi connectivity index (χ1) is 15.3. The van der Waals surface area contributed by atoms with Gasteiger partial charge in [0.15, 0.2) is 20.4 Å². The Kier molecular flexibility index (Phi) is 17.8. The second-order valence-electron chi connectivity index (χ2n) is 10.3. The van der Waals surface area contributed by atoms with Crippen molar-refractivity contribution in [2.45, 2.75) is 132 Å². The Morgan fingerprint density at radius 3 is 1.61 bits per heavy atom. The van der Waals surface area contributed by atoms with E-state index in [1.807, 2.05) is 0 Å². The lowest BCUT2D eigenvalue weighted by atomic mass is 10.2. The average molecular weight is 508 g/mol. The van der Waals surface area contributed by atoms with Crippen LogP contribution in [0.5, 0.6) is 0 Å². The van der Waals surface area contributed by atoms with E-state index in [-0.39, 0.29) is 11.9 Å². The van der Waals surface area contributed by atoms with E-state index in [2.05, 4.69) is 97.3 Å². The molecule has 0 radical (unpaired) electrons. The smallest absolute Gasteiger partial charge is 0.191 e. The van der Waals surface area contributed by atoms with E-state index in [1.165, 1.54) is 11.8 Å². The van der Waals surface area contributed by atoms with E-state index in [0.29, 0.717) is 49.3 Å². The Hall–Kier alpha value is 0.250. The van der Waals surface area contributed by atoms with Gasteiger partial charge in [-0.2, -0.15) is 0 Å². The normalized spacial score (nSPS) is 13.2. The summed E-state index contributed by atoms with van der Waals surface area (Å²) < 4.78 is 17.1. The zero-order valence-corrected chi connectivity index (χ0v) is 25.3. The first-order valence-corrected chi connectivity index (χ1v) is 14.9. The van der Waals surface area contributed by atoms with Gasteiger partial charge in [0.05, 0.1) is 6.61 Å². The van der Waals surface area contributed by atoms with Gasteiger partial charge in [0.1, 0.15) is 0 Å². The highest BCUT2D eigenvalue weighted by atomic mass is 32.2. The van der Waals surface area contributed by atoms with E-state index in [4.69, 9.17) is 9.26 Å². The standard InChI is InChI=1S/C25H54N3O3PS/c1-19(2)26(20(3)4)15-14-25(29)33-17-13-16-30-18-31-32(27(21(5)6)22(7)8)28(23(9)10)24(11)12/h19-24H,13-18H2,1-12H3. The highest BCUT2D eigenvalue weighted by molar-refractivity contribution is 8.13. The highest BCUT2D eigenvalue weighted by Gasteiger charge is 2.34. The highest BCUT2D eigenvalue weighted by Crippen LogP contribution is 2.50. The Morgan fingerprint density at radius 1 is 0.758 bits per heavy atom. The number of thioether (sulfide) groups is 1. The van der Waals surface area contributed by atoms with Gasteiger partial charge < -0.3 is 9.26 Å². The summed E-state index contributed by atoms with van der Waals surface area (Å²) in [4.78, 5) is 14.6. The Morgan fingerprint density at radius 2 is 1.21 bits per heavy atom. The number of hydrogen-bond donors (Lipinski definition) is 0. The van der Waals surface area contributed by atoms with Gasteiger partial charge in [0, 0.05) is 55.0 Å². The number of carbonyl (C=O) groups excluding carboxylic acids is 1. The lowest BCUT2D eigenvalue weighted by Gasteiger charge is -2.45. The molecule has 0 fully saturated rings. The molecule has 0 aliphatic carbocycles. The molecule has 0 saturated heterocycles. The number of ether oxygens (including phenoxy) is 1. The van der Waals surface area contributed by atoms with Crippen LogP contribution in [0.15, 0.2) is 0 Å². The van der Waals surface area contributed by atoms with Gasteiger partial charge in [-0.15, -0.1) is 0 Å². The third-order valence-corrected chi connectivity index (χ3v) is 9.35. The maximum Gasteiger partial charge on any atom is 0.191 e. The first kappa shape index (κ1) is 33.2. The van der Waals surface area contributed by atoms with Gasteiger partial charge >= 0.3 is 0 Å². The van der Waals surface area contributed by atoms with Crippen molar-refractivity contribution >= 4 is 25.3 Å². The minimum Gasteiger partial charge on any atom is -0.355 e. The topological polar surface area (TPSA) is 45.3 Å². The fraction of sp³-hybridized carbons (Fsp3) is 0.960. The number of hydrogen-bond acceptors (Lipinski definition) is 7. The molecule has 0 aromatic carbocycles. The molecule has 0 heterocycles. The molecular weight excluding hydrogens is 453 g/mol. The van der Waals surface area contributed by atoms with Crippen LogP contribution >= 0.6 is 20.2 Å². The van der Waals surface area contributed by atoms with Crippen molar-refractivity contribution < 1.29 is 14.1 Å². The van der Waals surface area contributed by atoms with Crippen molar-refractivity contribution in [3.8, 4) is 0 Å². The number of rotatable bonds is 18. The lowest BCUT2D eigenvalue weighted by Crippen LogP contribution is -2.43. The van der Waals surface area contributed by atoms with E-state index >= 15 is 0 Å². The van der Waals surface area contributed by atoms with Crippen LogP contribution < -0.4 is 0 Å². The summed E-state index contributed by atoms with van der Waals surface area (Å²) in [5.41, 5.74) is 0. The maximum atomic E-state index is 12.2. The zero-order valence-electron chi connectivity index (χ0n) is 23.6. The summed E-state index contributed by atoms with van der Waals surface area (Å²) in [7, 11) is -0.925. The third kappa shape index (κ3) is 13.2. The van der Waals surface area contributed by atoms with Crippen LogP contribution in [0, 0.1) is 0 Å². The summed E-state index contributed by atoms with van der Waals surface area (Å²) >= 11 is 1.43. The summed E-state index contributed by atoms with van der Waals surface area (Å²) in [6.45, 7) is 28.3. The monoisotopic (exact) mass is 507 g/mol. The van der Waals surface area contributed by atoms with Crippen LogP contribution in [-0.4, -0.2) is 81.3 Å². The van der Waals surface area contributed by atoms with Gasteiger partial charge in [0.2, 0.25) is 0 Å².